The summed E-state index contributed by atoms with van der Waals surface area (Å²) in [5, 5.41) is 16.1. The van der Waals surface area contributed by atoms with E-state index in [-0.39, 0.29) is 12.1 Å². The van der Waals surface area contributed by atoms with Gasteiger partial charge >= 0.3 is 6.18 Å². The Labute approximate surface area is 189 Å². The number of guanidine groups is 1. The first-order valence-electron chi connectivity index (χ1n) is 11.1. The molecular formula is C23H26F3N7. The minimum atomic E-state index is -4.35. The van der Waals surface area contributed by atoms with Crippen LogP contribution < -0.4 is 16.1 Å². The van der Waals surface area contributed by atoms with Gasteiger partial charge in [0.25, 0.3) is 0 Å². The maximum atomic E-state index is 13.4. The number of hydrogen-bond acceptors (Lipinski definition) is 6. The minimum absolute atomic E-state index is 0.185. The zero-order valence-corrected chi connectivity index (χ0v) is 18.4. The van der Waals surface area contributed by atoms with E-state index in [1.54, 1.807) is 24.1 Å². The summed E-state index contributed by atoms with van der Waals surface area (Å²) in [4.78, 5) is 4.74. The van der Waals surface area contributed by atoms with Crippen LogP contribution in [-0.4, -0.2) is 40.9 Å². The molecule has 174 valence electrons. The molecule has 0 spiro atoms. The molecule has 1 aliphatic carbocycles. The van der Waals surface area contributed by atoms with Crippen molar-refractivity contribution in [3.8, 4) is 0 Å². The SMILES string of the molecule is CCNC(c1ccc(C2N=C(Nc3ccc4[nH]ncc4c3C3CC3)N(C)N2)cc1)C(F)(F)F. The van der Waals surface area contributed by atoms with E-state index in [4.69, 9.17) is 4.99 Å². The van der Waals surface area contributed by atoms with E-state index >= 15 is 0 Å². The van der Waals surface area contributed by atoms with Gasteiger partial charge in [0.1, 0.15) is 12.2 Å². The third kappa shape index (κ3) is 4.28. The molecule has 2 aromatic carbocycles. The molecule has 4 N–H and O–H groups in total. The Kier molecular flexibility index (Phi) is 5.49. The normalized spacial score (nSPS) is 19.7. The molecule has 5 rings (SSSR count). The number of rotatable bonds is 6. The van der Waals surface area contributed by atoms with Crippen molar-refractivity contribution in [2.45, 2.75) is 44.1 Å². The maximum absolute atomic E-state index is 13.4. The lowest BCUT2D eigenvalue weighted by Crippen LogP contribution is -2.37. The molecule has 1 aromatic heterocycles. The topological polar surface area (TPSA) is 80.4 Å². The zero-order valence-electron chi connectivity index (χ0n) is 18.4. The van der Waals surface area contributed by atoms with E-state index in [1.807, 2.05) is 25.4 Å². The molecule has 2 atom stereocenters. The predicted molar refractivity (Wildman–Crippen MR) is 122 cm³/mol. The number of fused-ring (bicyclic) bond motifs is 1. The number of hydrazine groups is 1. The number of aromatic nitrogens is 2. The van der Waals surface area contributed by atoms with Crippen molar-refractivity contribution in [1.29, 1.82) is 0 Å². The highest BCUT2D eigenvalue weighted by molar-refractivity contribution is 5.98. The molecule has 7 nitrogen and oxygen atoms in total. The number of hydrogen-bond donors (Lipinski definition) is 4. The van der Waals surface area contributed by atoms with E-state index in [0.29, 0.717) is 11.9 Å². The van der Waals surface area contributed by atoms with Gasteiger partial charge < -0.3 is 10.6 Å². The van der Waals surface area contributed by atoms with Crippen molar-refractivity contribution in [1.82, 2.24) is 25.9 Å². The van der Waals surface area contributed by atoms with E-state index in [2.05, 4.69) is 26.3 Å². The summed E-state index contributed by atoms with van der Waals surface area (Å²) in [7, 11) is 1.86. The van der Waals surface area contributed by atoms with Crippen LogP contribution >= 0.6 is 0 Å². The molecule has 2 aliphatic rings. The van der Waals surface area contributed by atoms with Gasteiger partial charge in [-0.05, 0) is 54.1 Å². The maximum Gasteiger partial charge on any atom is 0.407 e. The van der Waals surface area contributed by atoms with Gasteiger partial charge in [-0.15, -0.1) is 0 Å². The van der Waals surface area contributed by atoms with Crippen molar-refractivity contribution >= 4 is 22.5 Å². The lowest BCUT2D eigenvalue weighted by molar-refractivity contribution is -0.157. The van der Waals surface area contributed by atoms with Crippen molar-refractivity contribution < 1.29 is 13.2 Å². The average Bonchev–Trinajstić information content (AvgIpc) is 3.39. The number of aromatic amines is 1. The predicted octanol–water partition coefficient (Wildman–Crippen LogP) is 4.57. The molecule has 2 unspecified atom stereocenters. The summed E-state index contributed by atoms with van der Waals surface area (Å²) in [5.74, 6) is 1.16. The van der Waals surface area contributed by atoms with Crippen LogP contribution in [0.25, 0.3) is 10.9 Å². The van der Waals surface area contributed by atoms with E-state index in [0.717, 1.165) is 35.0 Å². The number of halogens is 3. The second kappa shape index (κ2) is 8.35. The second-order valence-electron chi connectivity index (χ2n) is 8.50. The van der Waals surface area contributed by atoms with Gasteiger partial charge in [-0.25, -0.2) is 10.4 Å². The molecule has 0 saturated heterocycles. The van der Waals surface area contributed by atoms with E-state index in [1.165, 1.54) is 17.7 Å². The van der Waals surface area contributed by atoms with Gasteiger partial charge in [0.2, 0.25) is 5.96 Å². The van der Waals surface area contributed by atoms with Gasteiger partial charge in [-0.3, -0.25) is 10.1 Å². The summed E-state index contributed by atoms with van der Waals surface area (Å²) in [5.41, 5.74) is 7.47. The van der Waals surface area contributed by atoms with Crippen LogP contribution in [0.4, 0.5) is 18.9 Å². The van der Waals surface area contributed by atoms with Gasteiger partial charge in [-0.2, -0.15) is 18.3 Å². The van der Waals surface area contributed by atoms with Gasteiger partial charge in [0.15, 0.2) is 0 Å². The van der Waals surface area contributed by atoms with E-state index in [9.17, 15) is 13.2 Å². The number of aliphatic imine (C=N–C) groups is 1. The van der Waals surface area contributed by atoms with Crippen LogP contribution in [0, 0.1) is 0 Å². The molecule has 10 heteroatoms. The van der Waals surface area contributed by atoms with Crippen LogP contribution in [0.5, 0.6) is 0 Å². The highest BCUT2D eigenvalue weighted by Gasteiger charge is 2.40. The fourth-order valence-electron chi connectivity index (χ4n) is 4.33. The van der Waals surface area contributed by atoms with Gasteiger partial charge in [-0.1, -0.05) is 31.2 Å². The van der Waals surface area contributed by atoms with Gasteiger partial charge in [0, 0.05) is 18.1 Å². The fourth-order valence-corrected chi connectivity index (χ4v) is 4.33. The Hall–Kier alpha value is -3.11. The van der Waals surface area contributed by atoms with Crippen molar-refractivity contribution in [3.05, 3.63) is 59.3 Å². The van der Waals surface area contributed by atoms with Crippen LogP contribution in [0.15, 0.2) is 47.6 Å². The zero-order chi connectivity index (χ0) is 23.2. The van der Waals surface area contributed by atoms with Crippen molar-refractivity contribution in [2.75, 3.05) is 18.9 Å². The van der Waals surface area contributed by atoms with Gasteiger partial charge in [0.05, 0.1) is 11.7 Å². The molecule has 1 aliphatic heterocycles. The molecule has 33 heavy (non-hydrogen) atoms. The molecule has 2 heterocycles. The lowest BCUT2D eigenvalue weighted by Gasteiger charge is -2.22. The molecule has 0 bridgehead atoms. The first kappa shape index (κ1) is 21.7. The Bertz CT molecular complexity index is 1170. The van der Waals surface area contributed by atoms with Crippen LogP contribution in [-0.2, 0) is 0 Å². The number of nitrogens with one attached hydrogen (secondary N) is 4. The molecule has 1 fully saturated rings. The highest BCUT2D eigenvalue weighted by atomic mass is 19.4. The Balaban J connectivity index is 1.37. The Morgan fingerprint density at radius 1 is 1.15 bits per heavy atom. The molecule has 0 radical (unpaired) electrons. The van der Waals surface area contributed by atoms with Crippen molar-refractivity contribution in [3.63, 3.8) is 0 Å². The minimum Gasteiger partial charge on any atom is -0.325 e. The molecular weight excluding hydrogens is 431 g/mol. The second-order valence-corrected chi connectivity index (χ2v) is 8.50. The van der Waals surface area contributed by atoms with E-state index < -0.39 is 18.4 Å². The Morgan fingerprint density at radius 2 is 1.91 bits per heavy atom. The number of alkyl halides is 3. The van der Waals surface area contributed by atoms with Crippen LogP contribution in [0.3, 0.4) is 0 Å². The van der Waals surface area contributed by atoms with Crippen LogP contribution in [0.1, 0.15) is 54.6 Å². The first-order chi connectivity index (χ1) is 15.8. The summed E-state index contributed by atoms with van der Waals surface area (Å²) in [6, 6.07) is 8.75. The smallest absolute Gasteiger partial charge is 0.325 e. The number of nitrogens with zero attached hydrogens (tertiary/aromatic N) is 3. The summed E-state index contributed by atoms with van der Waals surface area (Å²) >= 11 is 0. The summed E-state index contributed by atoms with van der Waals surface area (Å²) in [6.07, 6.45) is -0.579. The van der Waals surface area contributed by atoms with Crippen molar-refractivity contribution in [2.24, 2.45) is 4.99 Å². The first-order valence-corrected chi connectivity index (χ1v) is 11.1. The van der Waals surface area contributed by atoms with Crippen LogP contribution in [0.2, 0.25) is 0 Å². The average molecular weight is 458 g/mol. The number of H-pyrrole nitrogens is 1. The highest BCUT2D eigenvalue weighted by Crippen LogP contribution is 2.46. The molecule has 1 saturated carbocycles. The monoisotopic (exact) mass is 457 g/mol. The Morgan fingerprint density at radius 3 is 2.58 bits per heavy atom. The summed E-state index contributed by atoms with van der Waals surface area (Å²) in [6.45, 7) is 1.89. The number of anilines is 1. The third-order valence-electron chi connectivity index (χ3n) is 6.10. The standard InChI is InChI=1S/C23H26F3N7/c1-3-27-20(23(24,25)26)14-6-8-15(9-7-14)21-30-22(33(2)32-21)29-18-11-10-17-16(12-28-31-17)19(18)13-4-5-13/h6-13,20-21,27,32H,3-5H2,1-2H3,(H,28,31)(H,29,30). The fraction of sp³-hybridized carbons (Fsp3) is 0.391. The largest absolute Gasteiger partial charge is 0.407 e. The lowest BCUT2D eigenvalue weighted by atomic mass is 10.0. The molecule has 3 aromatic rings. The quantitative estimate of drug-likeness (QED) is 0.436. The third-order valence-corrected chi connectivity index (χ3v) is 6.10. The summed E-state index contributed by atoms with van der Waals surface area (Å²) < 4.78 is 40.1. The number of benzene rings is 2. The molecule has 0 amide bonds.